The standard InChI is InChI=1S/C18H27N3O3/c1-18(14-8-4-3-5-9-14)16(23)21(17(24)20(18)2)12-15(22)13-7-6-10-19-11-13/h11,13-14H,3-10,12H2,1-2H3. The van der Waals surface area contributed by atoms with Gasteiger partial charge in [0.05, 0.1) is 12.5 Å². The molecule has 3 amide bonds. The highest BCUT2D eigenvalue weighted by molar-refractivity contribution is 6.10. The molecule has 6 heteroatoms. The minimum atomic E-state index is -0.807. The van der Waals surface area contributed by atoms with Gasteiger partial charge in [-0.3, -0.25) is 19.5 Å². The fourth-order valence-electron chi connectivity index (χ4n) is 4.33. The van der Waals surface area contributed by atoms with Crippen LogP contribution in [-0.4, -0.2) is 59.4 Å². The van der Waals surface area contributed by atoms with Crippen LogP contribution in [0.1, 0.15) is 51.9 Å². The molecule has 1 saturated carbocycles. The van der Waals surface area contributed by atoms with E-state index in [2.05, 4.69) is 4.99 Å². The Kier molecular flexibility index (Phi) is 4.74. The number of carbonyl (C=O) groups excluding carboxylic acids is 3. The molecule has 0 aromatic heterocycles. The maximum absolute atomic E-state index is 13.0. The molecule has 0 radical (unpaired) electrons. The normalized spacial score (nSPS) is 31.8. The Morgan fingerprint density at radius 1 is 1.21 bits per heavy atom. The minimum Gasteiger partial charge on any atom is -0.313 e. The third kappa shape index (κ3) is 2.76. The predicted octanol–water partition coefficient (Wildman–Crippen LogP) is 2.27. The van der Waals surface area contributed by atoms with Gasteiger partial charge in [-0.15, -0.1) is 0 Å². The molecule has 1 aliphatic carbocycles. The van der Waals surface area contributed by atoms with Gasteiger partial charge in [-0.1, -0.05) is 19.3 Å². The van der Waals surface area contributed by atoms with E-state index in [1.54, 1.807) is 18.2 Å². The van der Waals surface area contributed by atoms with Crippen LogP contribution in [0, 0.1) is 11.8 Å². The van der Waals surface area contributed by atoms with Crippen molar-refractivity contribution in [2.75, 3.05) is 20.1 Å². The van der Waals surface area contributed by atoms with Crippen LogP contribution in [0.5, 0.6) is 0 Å². The van der Waals surface area contributed by atoms with Gasteiger partial charge in [0.2, 0.25) is 0 Å². The second kappa shape index (κ2) is 6.65. The van der Waals surface area contributed by atoms with E-state index < -0.39 is 5.54 Å². The molecule has 6 nitrogen and oxygen atoms in total. The number of hydrogen-bond acceptors (Lipinski definition) is 4. The summed E-state index contributed by atoms with van der Waals surface area (Å²) in [6.07, 6.45) is 8.67. The van der Waals surface area contributed by atoms with Gasteiger partial charge in [-0.25, -0.2) is 4.79 Å². The lowest BCUT2D eigenvalue weighted by molar-refractivity contribution is -0.138. The lowest BCUT2D eigenvalue weighted by atomic mass is 9.75. The number of Topliss-reactive ketones (excluding diaryl/α,β-unsaturated/α-hetero) is 1. The van der Waals surface area contributed by atoms with Crippen molar-refractivity contribution in [3.63, 3.8) is 0 Å². The smallest absolute Gasteiger partial charge is 0.313 e. The van der Waals surface area contributed by atoms with E-state index in [0.717, 1.165) is 45.1 Å². The van der Waals surface area contributed by atoms with Crippen LogP contribution in [0.4, 0.5) is 4.79 Å². The summed E-state index contributed by atoms with van der Waals surface area (Å²) in [6.45, 7) is 2.50. The zero-order valence-corrected chi connectivity index (χ0v) is 14.7. The van der Waals surface area contributed by atoms with Crippen LogP contribution in [-0.2, 0) is 9.59 Å². The first-order valence-corrected chi connectivity index (χ1v) is 9.08. The molecule has 0 N–H and O–H groups in total. The number of aliphatic imine (C=N–C) groups is 1. The summed E-state index contributed by atoms with van der Waals surface area (Å²) in [5.41, 5.74) is -0.807. The molecule has 2 fully saturated rings. The van der Waals surface area contributed by atoms with Crippen LogP contribution >= 0.6 is 0 Å². The Balaban J connectivity index is 1.76. The van der Waals surface area contributed by atoms with Gasteiger partial charge in [0, 0.05) is 19.8 Å². The summed E-state index contributed by atoms with van der Waals surface area (Å²) in [7, 11) is 1.70. The molecule has 0 aromatic carbocycles. The van der Waals surface area contributed by atoms with Gasteiger partial charge >= 0.3 is 6.03 Å². The van der Waals surface area contributed by atoms with E-state index in [4.69, 9.17) is 0 Å². The minimum absolute atomic E-state index is 0.0820. The zero-order valence-electron chi connectivity index (χ0n) is 14.7. The van der Waals surface area contributed by atoms with Gasteiger partial charge in [0.1, 0.15) is 5.54 Å². The molecule has 0 spiro atoms. The average Bonchev–Trinajstić information content (AvgIpc) is 2.79. The Hall–Kier alpha value is -1.72. The second-order valence-corrected chi connectivity index (χ2v) is 7.49. The molecular weight excluding hydrogens is 306 g/mol. The summed E-state index contributed by atoms with van der Waals surface area (Å²) >= 11 is 0. The summed E-state index contributed by atoms with van der Waals surface area (Å²) in [5, 5.41) is 0. The predicted molar refractivity (Wildman–Crippen MR) is 90.9 cm³/mol. The summed E-state index contributed by atoms with van der Waals surface area (Å²) in [6, 6.07) is -0.339. The van der Waals surface area contributed by atoms with E-state index in [1.165, 1.54) is 11.3 Å². The highest BCUT2D eigenvalue weighted by Crippen LogP contribution is 2.40. The number of rotatable bonds is 4. The van der Waals surface area contributed by atoms with Gasteiger partial charge in [-0.2, -0.15) is 0 Å². The zero-order chi connectivity index (χ0) is 17.3. The Labute approximate surface area is 143 Å². The number of carbonyl (C=O) groups is 3. The van der Waals surface area contributed by atoms with Gasteiger partial charge < -0.3 is 4.90 Å². The van der Waals surface area contributed by atoms with E-state index in [-0.39, 0.29) is 36.1 Å². The molecule has 132 valence electrons. The molecule has 3 aliphatic rings. The van der Waals surface area contributed by atoms with Crippen molar-refractivity contribution in [2.24, 2.45) is 16.8 Å². The maximum Gasteiger partial charge on any atom is 0.327 e. The SMILES string of the molecule is CN1C(=O)N(CC(=O)C2C=NCCC2)C(=O)C1(C)C1CCCCC1. The number of amides is 3. The molecule has 24 heavy (non-hydrogen) atoms. The molecule has 3 rings (SSSR count). The topological polar surface area (TPSA) is 70.1 Å². The first-order valence-electron chi connectivity index (χ1n) is 9.08. The van der Waals surface area contributed by atoms with Crippen LogP contribution in [0.25, 0.3) is 0 Å². The number of imide groups is 1. The van der Waals surface area contributed by atoms with Gasteiger partial charge in [0.25, 0.3) is 5.91 Å². The van der Waals surface area contributed by atoms with Crippen LogP contribution < -0.4 is 0 Å². The summed E-state index contributed by atoms with van der Waals surface area (Å²) < 4.78 is 0. The lowest BCUT2D eigenvalue weighted by Gasteiger charge is -2.38. The third-order valence-corrected chi connectivity index (χ3v) is 6.11. The van der Waals surface area contributed by atoms with Crippen LogP contribution in [0.3, 0.4) is 0 Å². The molecule has 0 bridgehead atoms. The third-order valence-electron chi connectivity index (χ3n) is 6.11. The van der Waals surface area contributed by atoms with E-state index in [0.29, 0.717) is 0 Å². The van der Waals surface area contributed by atoms with Crippen molar-refractivity contribution in [1.82, 2.24) is 9.80 Å². The molecule has 0 aromatic rings. The van der Waals surface area contributed by atoms with Gasteiger partial charge in [0.15, 0.2) is 5.78 Å². The number of nitrogens with zero attached hydrogens (tertiary/aromatic N) is 3. The number of urea groups is 1. The molecule has 2 aliphatic heterocycles. The number of ketones is 1. The molecule has 2 atom stereocenters. The molecular formula is C18H27N3O3. The molecule has 1 saturated heterocycles. The van der Waals surface area contributed by atoms with Crippen LogP contribution in [0.15, 0.2) is 4.99 Å². The van der Waals surface area contributed by atoms with E-state index >= 15 is 0 Å². The van der Waals surface area contributed by atoms with Crippen molar-refractivity contribution in [3.8, 4) is 0 Å². The largest absolute Gasteiger partial charge is 0.327 e. The quantitative estimate of drug-likeness (QED) is 0.741. The highest BCUT2D eigenvalue weighted by Gasteiger charge is 2.56. The first-order chi connectivity index (χ1) is 11.5. The second-order valence-electron chi connectivity index (χ2n) is 7.49. The van der Waals surface area contributed by atoms with Crippen molar-refractivity contribution >= 4 is 23.9 Å². The van der Waals surface area contributed by atoms with E-state index in [1.807, 2.05) is 6.92 Å². The summed E-state index contributed by atoms with van der Waals surface area (Å²) in [4.78, 5) is 45.1. The lowest BCUT2D eigenvalue weighted by Crippen LogP contribution is -2.52. The first kappa shape index (κ1) is 17.1. The Morgan fingerprint density at radius 3 is 2.54 bits per heavy atom. The average molecular weight is 333 g/mol. The maximum atomic E-state index is 13.0. The Morgan fingerprint density at radius 2 is 1.92 bits per heavy atom. The van der Waals surface area contributed by atoms with Crippen molar-refractivity contribution in [1.29, 1.82) is 0 Å². The summed E-state index contributed by atoms with van der Waals surface area (Å²) in [5.74, 6) is -0.361. The molecule has 2 unspecified atom stereocenters. The van der Waals surface area contributed by atoms with Crippen molar-refractivity contribution in [2.45, 2.75) is 57.4 Å². The molecule has 2 heterocycles. The van der Waals surface area contributed by atoms with Crippen molar-refractivity contribution < 1.29 is 14.4 Å². The number of hydrogen-bond donors (Lipinski definition) is 0. The number of likely N-dealkylation sites (N-methyl/N-ethyl adjacent to an activating group) is 1. The Bertz CT molecular complexity index is 568. The van der Waals surface area contributed by atoms with E-state index in [9.17, 15) is 14.4 Å². The monoisotopic (exact) mass is 333 g/mol. The van der Waals surface area contributed by atoms with Crippen molar-refractivity contribution in [3.05, 3.63) is 0 Å². The fraction of sp³-hybridized carbons (Fsp3) is 0.778. The van der Waals surface area contributed by atoms with Crippen LogP contribution in [0.2, 0.25) is 0 Å². The fourth-order valence-corrected chi connectivity index (χ4v) is 4.33. The van der Waals surface area contributed by atoms with Gasteiger partial charge in [-0.05, 0) is 38.5 Å². The highest BCUT2D eigenvalue weighted by atomic mass is 16.2.